The second kappa shape index (κ2) is 5.93. The van der Waals surface area contributed by atoms with E-state index in [1.54, 1.807) is 36.3 Å². The van der Waals surface area contributed by atoms with E-state index in [-0.39, 0.29) is 5.91 Å². The van der Waals surface area contributed by atoms with Gasteiger partial charge >= 0.3 is 0 Å². The van der Waals surface area contributed by atoms with Crippen molar-refractivity contribution in [3.8, 4) is 6.07 Å². The van der Waals surface area contributed by atoms with Crippen LogP contribution >= 0.6 is 0 Å². The van der Waals surface area contributed by atoms with Gasteiger partial charge in [-0.2, -0.15) is 5.26 Å². The summed E-state index contributed by atoms with van der Waals surface area (Å²) in [5.74, 6) is -0.195. The molecule has 2 aromatic rings. The molecule has 5 nitrogen and oxygen atoms in total. The van der Waals surface area contributed by atoms with E-state index >= 15 is 0 Å². The Morgan fingerprint density at radius 2 is 2.15 bits per heavy atom. The number of hydrogen-bond acceptors (Lipinski definition) is 4. The van der Waals surface area contributed by atoms with Gasteiger partial charge in [0.1, 0.15) is 5.69 Å². The molecule has 0 saturated carbocycles. The van der Waals surface area contributed by atoms with Crippen LogP contribution in [0.5, 0.6) is 0 Å². The molecule has 0 radical (unpaired) electrons. The molecule has 0 aliphatic rings. The largest absolute Gasteiger partial charge is 0.336 e. The second-order valence-electron chi connectivity index (χ2n) is 4.52. The molecule has 0 bridgehead atoms. The van der Waals surface area contributed by atoms with Gasteiger partial charge in [-0.3, -0.25) is 9.78 Å². The molecule has 0 N–H and O–H groups in total. The van der Waals surface area contributed by atoms with Gasteiger partial charge < -0.3 is 4.90 Å². The van der Waals surface area contributed by atoms with Crippen LogP contribution in [0.3, 0.4) is 0 Å². The topological polar surface area (TPSA) is 69.9 Å². The van der Waals surface area contributed by atoms with Gasteiger partial charge in [-0.25, -0.2) is 4.98 Å². The van der Waals surface area contributed by atoms with Crippen molar-refractivity contribution in [2.45, 2.75) is 13.5 Å². The molecule has 0 spiro atoms. The Hall–Kier alpha value is -2.74. The maximum atomic E-state index is 12.2. The summed E-state index contributed by atoms with van der Waals surface area (Å²) in [6, 6.07) is 9.27. The number of aromatic nitrogens is 2. The minimum Gasteiger partial charge on any atom is -0.336 e. The van der Waals surface area contributed by atoms with Crippen LogP contribution in [0.25, 0.3) is 0 Å². The Morgan fingerprint density at radius 3 is 2.80 bits per heavy atom. The first-order valence-electron chi connectivity index (χ1n) is 6.13. The van der Waals surface area contributed by atoms with Gasteiger partial charge in [-0.15, -0.1) is 0 Å². The normalized spacial score (nSPS) is 9.85. The highest BCUT2D eigenvalue weighted by Crippen LogP contribution is 2.09. The lowest BCUT2D eigenvalue weighted by molar-refractivity contribution is 0.0779. The second-order valence-corrected chi connectivity index (χ2v) is 4.52. The van der Waals surface area contributed by atoms with Crippen LogP contribution in [0.1, 0.15) is 27.3 Å². The van der Waals surface area contributed by atoms with Gasteiger partial charge in [0.2, 0.25) is 0 Å². The standard InChI is InChI=1S/C15H14N4O/c1-11-8-18-14(9-17-11)15(20)19(2)10-13-5-3-4-12(6-13)7-16/h3-6,8-9H,10H2,1-2H3. The van der Waals surface area contributed by atoms with Crippen LogP contribution in [0.15, 0.2) is 36.7 Å². The number of rotatable bonds is 3. The number of hydrogen-bond donors (Lipinski definition) is 0. The van der Waals surface area contributed by atoms with Gasteiger partial charge in [0, 0.05) is 19.8 Å². The zero-order valence-electron chi connectivity index (χ0n) is 11.4. The molecule has 0 aliphatic heterocycles. The monoisotopic (exact) mass is 266 g/mol. The molecule has 0 atom stereocenters. The predicted octanol–water partition coefficient (Wildman–Crippen LogP) is 1.93. The van der Waals surface area contributed by atoms with Gasteiger partial charge in [0.25, 0.3) is 5.91 Å². The molecule has 5 heteroatoms. The number of carbonyl (C=O) groups excluding carboxylic acids is 1. The number of nitriles is 1. The molecular weight excluding hydrogens is 252 g/mol. The van der Waals surface area contributed by atoms with Crippen molar-refractivity contribution >= 4 is 5.91 Å². The molecule has 0 aliphatic carbocycles. The molecule has 1 heterocycles. The lowest BCUT2D eigenvalue weighted by atomic mass is 10.1. The van der Waals surface area contributed by atoms with Crippen molar-refractivity contribution in [1.29, 1.82) is 5.26 Å². The van der Waals surface area contributed by atoms with E-state index in [2.05, 4.69) is 16.0 Å². The minimum absolute atomic E-state index is 0.195. The summed E-state index contributed by atoms with van der Waals surface area (Å²) >= 11 is 0. The van der Waals surface area contributed by atoms with Crippen molar-refractivity contribution in [2.24, 2.45) is 0 Å². The minimum atomic E-state index is -0.195. The Morgan fingerprint density at radius 1 is 1.35 bits per heavy atom. The van der Waals surface area contributed by atoms with Crippen LogP contribution in [-0.2, 0) is 6.54 Å². The molecule has 20 heavy (non-hydrogen) atoms. The number of nitrogens with zero attached hydrogens (tertiary/aromatic N) is 4. The third kappa shape index (κ3) is 3.18. The molecule has 100 valence electrons. The van der Waals surface area contributed by atoms with Crippen LogP contribution < -0.4 is 0 Å². The highest BCUT2D eigenvalue weighted by Gasteiger charge is 2.13. The average molecular weight is 266 g/mol. The van der Waals surface area contributed by atoms with Gasteiger partial charge in [-0.1, -0.05) is 12.1 Å². The first-order valence-corrected chi connectivity index (χ1v) is 6.13. The quantitative estimate of drug-likeness (QED) is 0.851. The highest BCUT2D eigenvalue weighted by molar-refractivity contribution is 5.91. The molecule has 0 saturated heterocycles. The van der Waals surface area contributed by atoms with Crippen molar-refractivity contribution in [1.82, 2.24) is 14.9 Å². The predicted molar refractivity (Wildman–Crippen MR) is 73.7 cm³/mol. The van der Waals surface area contributed by atoms with Gasteiger partial charge in [0.05, 0.1) is 23.5 Å². The molecular formula is C15H14N4O. The number of amides is 1. The van der Waals surface area contributed by atoms with E-state index in [9.17, 15) is 4.79 Å². The van der Waals surface area contributed by atoms with E-state index in [1.807, 2.05) is 13.0 Å². The Labute approximate surface area is 117 Å². The Bertz CT molecular complexity index is 658. The maximum absolute atomic E-state index is 12.2. The van der Waals surface area contributed by atoms with Crippen molar-refractivity contribution < 1.29 is 4.79 Å². The Balaban J connectivity index is 2.11. The summed E-state index contributed by atoms with van der Waals surface area (Å²) in [6.45, 7) is 2.24. The Kier molecular flexibility index (Phi) is 4.06. The number of benzene rings is 1. The highest BCUT2D eigenvalue weighted by atomic mass is 16.2. The first kappa shape index (κ1) is 13.7. The third-order valence-corrected chi connectivity index (χ3v) is 2.82. The fourth-order valence-corrected chi connectivity index (χ4v) is 1.78. The van der Waals surface area contributed by atoms with Gasteiger partial charge in [-0.05, 0) is 24.6 Å². The van der Waals surface area contributed by atoms with E-state index in [1.165, 1.54) is 6.20 Å². The van der Waals surface area contributed by atoms with E-state index in [0.717, 1.165) is 11.3 Å². The fraction of sp³-hybridized carbons (Fsp3) is 0.200. The van der Waals surface area contributed by atoms with Crippen LogP contribution in [0.2, 0.25) is 0 Å². The van der Waals surface area contributed by atoms with Crippen molar-refractivity contribution in [2.75, 3.05) is 7.05 Å². The summed E-state index contributed by atoms with van der Waals surface area (Å²) in [6.07, 6.45) is 3.04. The lowest BCUT2D eigenvalue weighted by Gasteiger charge is -2.16. The van der Waals surface area contributed by atoms with Crippen molar-refractivity contribution in [3.05, 3.63) is 59.2 Å². The van der Waals surface area contributed by atoms with E-state index in [0.29, 0.717) is 17.8 Å². The summed E-state index contributed by atoms with van der Waals surface area (Å²) in [7, 11) is 1.70. The first-order chi connectivity index (χ1) is 9.60. The van der Waals surface area contributed by atoms with Crippen molar-refractivity contribution in [3.63, 3.8) is 0 Å². The number of aryl methyl sites for hydroxylation is 1. The molecule has 1 aromatic heterocycles. The van der Waals surface area contributed by atoms with Gasteiger partial charge in [0.15, 0.2) is 0 Å². The molecule has 1 amide bonds. The zero-order chi connectivity index (χ0) is 14.5. The molecule has 2 rings (SSSR count). The average Bonchev–Trinajstić information content (AvgIpc) is 2.47. The SMILES string of the molecule is Cc1cnc(C(=O)N(C)Cc2cccc(C#N)c2)cn1. The fourth-order valence-electron chi connectivity index (χ4n) is 1.78. The van der Waals surface area contributed by atoms with E-state index < -0.39 is 0 Å². The summed E-state index contributed by atoms with van der Waals surface area (Å²) in [5.41, 5.74) is 2.57. The summed E-state index contributed by atoms with van der Waals surface area (Å²) < 4.78 is 0. The molecule has 0 fully saturated rings. The van der Waals surface area contributed by atoms with Crippen LogP contribution in [0, 0.1) is 18.3 Å². The van der Waals surface area contributed by atoms with Crippen LogP contribution in [-0.4, -0.2) is 27.8 Å². The number of carbonyl (C=O) groups is 1. The maximum Gasteiger partial charge on any atom is 0.274 e. The molecule has 1 aromatic carbocycles. The summed E-state index contributed by atoms with van der Waals surface area (Å²) in [4.78, 5) is 21.9. The van der Waals surface area contributed by atoms with Crippen LogP contribution in [0.4, 0.5) is 0 Å². The van der Waals surface area contributed by atoms with E-state index in [4.69, 9.17) is 5.26 Å². The summed E-state index contributed by atoms with van der Waals surface area (Å²) in [5, 5.41) is 8.86. The third-order valence-electron chi connectivity index (χ3n) is 2.82. The zero-order valence-corrected chi connectivity index (χ0v) is 11.4. The lowest BCUT2D eigenvalue weighted by Crippen LogP contribution is -2.27. The smallest absolute Gasteiger partial charge is 0.274 e. The molecule has 0 unspecified atom stereocenters.